The van der Waals surface area contributed by atoms with Gasteiger partial charge in [0.1, 0.15) is 6.04 Å². The first-order valence-electron chi connectivity index (χ1n) is 5.40. The van der Waals surface area contributed by atoms with Crippen LogP contribution in [0.3, 0.4) is 0 Å². The van der Waals surface area contributed by atoms with Crippen molar-refractivity contribution in [2.45, 2.75) is 33.7 Å². The molecule has 0 aliphatic rings. The van der Waals surface area contributed by atoms with Gasteiger partial charge >= 0.3 is 0 Å². The number of carbonyl (C=O) groups is 2. The molecule has 1 aromatic heterocycles. The Morgan fingerprint density at radius 1 is 1.41 bits per heavy atom. The molecule has 0 fully saturated rings. The molecule has 0 saturated heterocycles. The molecule has 6 heteroatoms. The van der Waals surface area contributed by atoms with E-state index in [-0.39, 0.29) is 17.7 Å². The van der Waals surface area contributed by atoms with E-state index in [1.807, 2.05) is 20.8 Å². The monoisotopic (exact) mass is 255 g/mol. The van der Waals surface area contributed by atoms with E-state index >= 15 is 0 Å². The Kier molecular flexibility index (Phi) is 4.62. The maximum atomic E-state index is 11.9. The summed E-state index contributed by atoms with van der Waals surface area (Å²) in [5.41, 5.74) is 0. The molecule has 94 valence electrons. The number of rotatable bonds is 4. The van der Waals surface area contributed by atoms with Crippen molar-refractivity contribution in [3.63, 3.8) is 0 Å². The lowest BCUT2D eigenvalue weighted by Gasteiger charge is -2.19. The van der Waals surface area contributed by atoms with Crippen LogP contribution in [0, 0.1) is 12.8 Å². The van der Waals surface area contributed by atoms with Crippen LogP contribution >= 0.6 is 11.3 Å². The highest BCUT2D eigenvalue weighted by Gasteiger charge is 2.23. The van der Waals surface area contributed by atoms with Crippen LogP contribution in [0.4, 0.5) is 5.13 Å². The standard InChI is InChI=1S/C11H17N3O2S/c1-6(2)9(13-8(4)15)10(16)14-11-12-5-7(3)17-11/h5-6,9H,1-4H3,(H,13,15)(H,12,14,16)/t9-/m1/s1. The van der Waals surface area contributed by atoms with E-state index < -0.39 is 6.04 Å². The molecule has 0 bridgehead atoms. The van der Waals surface area contributed by atoms with Gasteiger partial charge in [-0.3, -0.25) is 9.59 Å². The summed E-state index contributed by atoms with van der Waals surface area (Å²) in [4.78, 5) is 28.0. The zero-order chi connectivity index (χ0) is 13.0. The average molecular weight is 255 g/mol. The molecule has 1 atom stereocenters. The lowest BCUT2D eigenvalue weighted by atomic mass is 10.0. The lowest BCUT2D eigenvalue weighted by molar-refractivity contribution is -0.126. The van der Waals surface area contributed by atoms with Gasteiger partial charge in [0.15, 0.2) is 5.13 Å². The van der Waals surface area contributed by atoms with Crippen molar-refractivity contribution >= 4 is 28.3 Å². The molecule has 2 N–H and O–H groups in total. The molecule has 0 aliphatic heterocycles. The highest BCUT2D eigenvalue weighted by atomic mass is 32.1. The van der Waals surface area contributed by atoms with Crippen LogP contribution < -0.4 is 10.6 Å². The first-order valence-corrected chi connectivity index (χ1v) is 6.22. The van der Waals surface area contributed by atoms with E-state index in [1.54, 1.807) is 6.20 Å². The molecule has 0 saturated carbocycles. The molecule has 0 radical (unpaired) electrons. The number of carbonyl (C=O) groups excluding carboxylic acids is 2. The Balaban J connectivity index is 2.68. The molecular weight excluding hydrogens is 238 g/mol. The average Bonchev–Trinajstić information content (AvgIpc) is 2.59. The Morgan fingerprint density at radius 3 is 2.47 bits per heavy atom. The van der Waals surface area contributed by atoms with Gasteiger partial charge in [-0.05, 0) is 12.8 Å². The molecular formula is C11H17N3O2S. The van der Waals surface area contributed by atoms with Gasteiger partial charge in [0.05, 0.1) is 0 Å². The third-order valence-electron chi connectivity index (χ3n) is 2.16. The number of nitrogens with one attached hydrogen (secondary N) is 2. The predicted molar refractivity (Wildman–Crippen MR) is 67.9 cm³/mol. The second-order valence-corrected chi connectivity index (χ2v) is 5.42. The van der Waals surface area contributed by atoms with Crippen molar-refractivity contribution in [1.82, 2.24) is 10.3 Å². The molecule has 0 aliphatic carbocycles. The minimum atomic E-state index is -0.531. The van der Waals surface area contributed by atoms with Crippen molar-refractivity contribution in [2.24, 2.45) is 5.92 Å². The van der Waals surface area contributed by atoms with Crippen LogP contribution in [0.15, 0.2) is 6.20 Å². The number of aryl methyl sites for hydroxylation is 1. The lowest BCUT2D eigenvalue weighted by Crippen LogP contribution is -2.46. The van der Waals surface area contributed by atoms with E-state index in [4.69, 9.17) is 0 Å². The first kappa shape index (κ1) is 13.6. The second kappa shape index (κ2) is 5.77. The number of aromatic nitrogens is 1. The molecule has 0 unspecified atom stereocenters. The van der Waals surface area contributed by atoms with Crippen LogP contribution in [-0.2, 0) is 9.59 Å². The van der Waals surface area contributed by atoms with E-state index in [0.717, 1.165) is 4.88 Å². The summed E-state index contributed by atoms with van der Waals surface area (Å²) in [5.74, 6) is -0.418. The maximum Gasteiger partial charge on any atom is 0.248 e. The van der Waals surface area contributed by atoms with Gasteiger partial charge in [0.2, 0.25) is 11.8 Å². The summed E-state index contributed by atoms with van der Waals surface area (Å²) in [6, 6.07) is -0.531. The Bertz CT molecular complexity index is 415. The zero-order valence-corrected chi connectivity index (χ0v) is 11.2. The van der Waals surface area contributed by atoms with Crippen molar-refractivity contribution in [1.29, 1.82) is 0 Å². The normalized spacial score (nSPS) is 12.3. The summed E-state index contributed by atoms with van der Waals surface area (Å²) in [7, 11) is 0. The Labute approximate surface area is 105 Å². The predicted octanol–water partition coefficient (Wildman–Crippen LogP) is 1.55. The SMILES string of the molecule is CC(=O)N[C@@H](C(=O)Nc1ncc(C)s1)C(C)C. The number of anilines is 1. The van der Waals surface area contributed by atoms with Gasteiger partial charge < -0.3 is 10.6 Å². The number of thiazole rings is 1. The summed E-state index contributed by atoms with van der Waals surface area (Å²) >= 11 is 1.41. The van der Waals surface area contributed by atoms with Crippen LogP contribution in [0.5, 0.6) is 0 Å². The molecule has 0 spiro atoms. The molecule has 0 aromatic carbocycles. The highest BCUT2D eigenvalue weighted by molar-refractivity contribution is 7.15. The quantitative estimate of drug-likeness (QED) is 0.857. The topological polar surface area (TPSA) is 71.1 Å². The minimum Gasteiger partial charge on any atom is -0.344 e. The van der Waals surface area contributed by atoms with Crippen molar-refractivity contribution in [3.8, 4) is 0 Å². The number of hydrogen-bond acceptors (Lipinski definition) is 4. The molecule has 17 heavy (non-hydrogen) atoms. The molecule has 5 nitrogen and oxygen atoms in total. The maximum absolute atomic E-state index is 11.9. The number of amides is 2. The fourth-order valence-electron chi connectivity index (χ4n) is 1.35. The molecule has 1 rings (SSSR count). The van der Waals surface area contributed by atoms with Gasteiger partial charge in [0, 0.05) is 18.0 Å². The largest absolute Gasteiger partial charge is 0.344 e. The van der Waals surface area contributed by atoms with E-state index in [0.29, 0.717) is 5.13 Å². The van der Waals surface area contributed by atoms with E-state index in [2.05, 4.69) is 15.6 Å². The third kappa shape index (κ3) is 4.14. The van der Waals surface area contributed by atoms with Crippen LogP contribution in [0.1, 0.15) is 25.6 Å². The van der Waals surface area contributed by atoms with Gasteiger partial charge in [0.25, 0.3) is 0 Å². The van der Waals surface area contributed by atoms with Crippen LogP contribution in [0.2, 0.25) is 0 Å². The van der Waals surface area contributed by atoms with Gasteiger partial charge in [-0.25, -0.2) is 4.98 Å². The van der Waals surface area contributed by atoms with Crippen LogP contribution in [-0.4, -0.2) is 22.8 Å². The number of hydrogen-bond donors (Lipinski definition) is 2. The van der Waals surface area contributed by atoms with Gasteiger partial charge in [-0.15, -0.1) is 11.3 Å². The third-order valence-corrected chi connectivity index (χ3v) is 2.99. The van der Waals surface area contributed by atoms with Crippen molar-refractivity contribution in [2.75, 3.05) is 5.32 Å². The summed E-state index contributed by atoms with van der Waals surface area (Å²) in [6.07, 6.45) is 1.70. The fraction of sp³-hybridized carbons (Fsp3) is 0.545. The van der Waals surface area contributed by atoms with Crippen molar-refractivity contribution in [3.05, 3.63) is 11.1 Å². The zero-order valence-electron chi connectivity index (χ0n) is 10.4. The summed E-state index contributed by atoms with van der Waals surface area (Å²) < 4.78 is 0. The smallest absolute Gasteiger partial charge is 0.248 e. The fourth-order valence-corrected chi connectivity index (χ4v) is 2.02. The van der Waals surface area contributed by atoms with E-state index in [9.17, 15) is 9.59 Å². The second-order valence-electron chi connectivity index (χ2n) is 4.19. The Morgan fingerprint density at radius 2 is 2.06 bits per heavy atom. The summed E-state index contributed by atoms with van der Waals surface area (Å²) in [6.45, 7) is 7.08. The Hall–Kier alpha value is -1.43. The highest BCUT2D eigenvalue weighted by Crippen LogP contribution is 2.17. The molecule has 2 amide bonds. The molecule has 1 heterocycles. The minimum absolute atomic E-state index is 0.0277. The van der Waals surface area contributed by atoms with Gasteiger partial charge in [-0.1, -0.05) is 13.8 Å². The van der Waals surface area contributed by atoms with Crippen LogP contribution in [0.25, 0.3) is 0 Å². The first-order chi connectivity index (χ1) is 7.90. The summed E-state index contributed by atoms with van der Waals surface area (Å²) in [5, 5.41) is 5.89. The molecule has 1 aromatic rings. The van der Waals surface area contributed by atoms with Crippen molar-refractivity contribution < 1.29 is 9.59 Å². The number of nitrogens with zero attached hydrogens (tertiary/aromatic N) is 1. The van der Waals surface area contributed by atoms with E-state index in [1.165, 1.54) is 18.3 Å². The van der Waals surface area contributed by atoms with Gasteiger partial charge in [-0.2, -0.15) is 0 Å².